The first kappa shape index (κ1) is 14.1. The number of rotatable bonds is 5. The minimum Gasteiger partial charge on any atom is -0.394 e. The van der Waals surface area contributed by atoms with Crippen LogP contribution in [-0.4, -0.2) is 20.2 Å². The smallest absolute Gasteiger partial charge is 0.186 e. The van der Waals surface area contributed by atoms with Gasteiger partial charge in [0.05, 0.1) is 6.61 Å². The second-order valence-electron chi connectivity index (χ2n) is 3.01. The van der Waals surface area contributed by atoms with Gasteiger partial charge in [0.2, 0.25) is 0 Å². The molecule has 96 valence electrons. The van der Waals surface area contributed by atoms with Crippen LogP contribution in [0.2, 0.25) is 0 Å². The molecule has 0 bridgehead atoms. The Morgan fingerprint density at radius 2 is 1.65 bits per heavy atom. The van der Waals surface area contributed by atoms with Gasteiger partial charge in [0.25, 0.3) is 0 Å². The summed E-state index contributed by atoms with van der Waals surface area (Å²) in [6.07, 6.45) is 0. The molecule has 3 nitrogen and oxygen atoms in total. The number of hydrogen-bond donors (Lipinski definition) is 2. The molecule has 0 amide bonds. The van der Waals surface area contributed by atoms with E-state index in [-0.39, 0.29) is 18.6 Å². The lowest BCUT2D eigenvalue weighted by atomic mass is 10.2. The summed E-state index contributed by atoms with van der Waals surface area (Å²) in [6.45, 7) is 0.545. The van der Waals surface area contributed by atoms with Crippen LogP contribution in [0.25, 0.3) is 0 Å². The molecule has 0 aliphatic heterocycles. The van der Waals surface area contributed by atoms with Crippen molar-refractivity contribution in [2.45, 2.75) is 4.90 Å². The topological polar surface area (TPSA) is 47.3 Å². The third-order valence-corrected chi connectivity index (χ3v) is 2.64. The van der Waals surface area contributed by atoms with Gasteiger partial charge < -0.3 is 15.2 Å². The lowest BCUT2D eigenvalue weighted by Crippen LogP contribution is -2.12. The molecule has 8 heteroatoms. The van der Waals surface area contributed by atoms with E-state index in [0.29, 0.717) is 6.54 Å². The molecule has 0 unspecified atom stereocenters. The summed E-state index contributed by atoms with van der Waals surface area (Å²) < 4.78 is 57.3. The predicted molar refractivity (Wildman–Crippen MR) is 56.4 cm³/mol. The molecule has 0 spiro atoms. The number of halogens is 4. The fourth-order valence-corrected chi connectivity index (χ4v) is 1.56. The third kappa shape index (κ3) is 3.02. The SMILES string of the molecule is CNCCOSc1c(F)c(F)c(N)c(F)c1F. The minimum atomic E-state index is -1.62. The van der Waals surface area contributed by atoms with Gasteiger partial charge in [-0.25, -0.2) is 17.6 Å². The molecule has 0 aromatic heterocycles. The maximum absolute atomic E-state index is 13.2. The summed E-state index contributed by atoms with van der Waals surface area (Å²) in [5.41, 5.74) is 3.66. The Balaban J connectivity index is 2.92. The number of likely N-dealkylation sites (N-methyl/N-ethyl adjacent to an activating group) is 1. The largest absolute Gasteiger partial charge is 0.394 e. The van der Waals surface area contributed by atoms with E-state index in [9.17, 15) is 17.6 Å². The van der Waals surface area contributed by atoms with E-state index in [4.69, 9.17) is 9.92 Å². The molecule has 0 aliphatic carbocycles. The fourth-order valence-electron chi connectivity index (χ4n) is 0.946. The van der Waals surface area contributed by atoms with Crippen molar-refractivity contribution in [2.75, 3.05) is 25.9 Å². The quantitative estimate of drug-likeness (QED) is 0.283. The normalized spacial score (nSPS) is 10.9. The Hall–Kier alpha value is -0.990. The van der Waals surface area contributed by atoms with E-state index < -0.39 is 33.9 Å². The van der Waals surface area contributed by atoms with Crippen LogP contribution in [0.15, 0.2) is 4.90 Å². The molecule has 1 aromatic rings. The summed E-state index contributed by atoms with van der Waals surface area (Å²) in [7, 11) is 1.65. The molecule has 1 aromatic carbocycles. The number of anilines is 1. The monoisotopic (exact) mass is 270 g/mol. The molecule has 17 heavy (non-hydrogen) atoms. The van der Waals surface area contributed by atoms with Crippen LogP contribution in [0.5, 0.6) is 0 Å². The van der Waals surface area contributed by atoms with Gasteiger partial charge in [0.15, 0.2) is 23.3 Å². The highest BCUT2D eigenvalue weighted by Gasteiger charge is 2.24. The van der Waals surface area contributed by atoms with Gasteiger partial charge >= 0.3 is 0 Å². The third-order valence-electron chi connectivity index (χ3n) is 1.83. The molecule has 0 heterocycles. The highest BCUT2D eigenvalue weighted by Crippen LogP contribution is 2.32. The Kier molecular flexibility index (Phi) is 5.03. The maximum Gasteiger partial charge on any atom is 0.186 e. The summed E-state index contributed by atoms with van der Waals surface area (Å²) in [5.74, 6) is -6.36. The first-order chi connectivity index (χ1) is 8.00. The molecule has 3 N–H and O–H groups in total. The van der Waals surface area contributed by atoms with Crippen molar-refractivity contribution >= 4 is 17.7 Å². The lowest BCUT2D eigenvalue weighted by Gasteiger charge is -2.08. The Bertz CT molecular complexity index is 387. The number of benzene rings is 1. The summed E-state index contributed by atoms with van der Waals surface area (Å²) in [5, 5.41) is 2.72. The average Bonchev–Trinajstić information content (AvgIpc) is 2.33. The Morgan fingerprint density at radius 1 is 1.12 bits per heavy atom. The van der Waals surface area contributed by atoms with E-state index in [2.05, 4.69) is 5.32 Å². The van der Waals surface area contributed by atoms with Gasteiger partial charge in [0.1, 0.15) is 10.6 Å². The van der Waals surface area contributed by atoms with E-state index in [1.807, 2.05) is 0 Å². The van der Waals surface area contributed by atoms with E-state index >= 15 is 0 Å². The molecular formula is C9H10F4N2OS. The molecule has 0 fully saturated rings. The zero-order valence-electron chi connectivity index (χ0n) is 8.82. The fraction of sp³-hybridized carbons (Fsp3) is 0.333. The highest BCUT2D eigenvalue weighted by molar-refractivity contribution is 7.94. The molecule has 0 saturated carbocycles. The lowest BCUT2D eigenvalue weighted by molar-refractivity contribution is 0.365. The van der Waals surface area contributed by atoms with Crippen LogP contribution < -0.4 is 11.1 Å². The van der Waals surface area contributed by atoms with Crippen molar-refractivity contribution in [3.8, 4) is 0 Å². The Morgan fingerprint density at radius 3 is 2.12 bits per heavy atom. The van der Waals surface area contributed by atoms with Crippen molar-refractivity contribution < 1.29 is 21.7 Å². The van der Waals surface area contributed by atoms with Crippen LogP contribution in [0.1, 0.15) is 0 Å². The number of nitrogens with one attached hydrogen (secondary N) is 1. The van der Waals surface area contributed by atoms with Crippen molar-refractivity contribution in [1.82, 2.24) is 5.32 Å². The van der Waals surface area contributed by atoms with E-state index in [0.717, 1.165) is 0 Å². The van der Waals surface area contributed by atoms with Gasteiger partial charge in [-0.1, -0.05) is 0 Å². The summed E-state index contributed by atoms with van der Waals surface area (Å²) in [6, 6.07) is 0. The van der Waals surface area contributed by atoms with Crippen LogP contribution in [-0.2, 0) is 4.18 Å². The summed E-state index contributed by atoms with van der Waals surface area (Å²) in [4.78, 5) is -0.884. The van der Waals surface area contributed by atoms with Gasteiger partial charge in [-0.15, -0.1) is 0 Å². The average molecular weight is 270 g/mol. The molecule has 0 saturated heterocycles. The molecule has 0 radical (unpaired) electrons. The van der Waals surface area contributed by atoms with Crippen LogP contribution in [0.3, 0.4) is 0 Å². The molecule has 1 rings (SSSR count). The number of nitrogens with two attached hydrogens (primary N) is 1. The van der Waals surface area contributed by atoms with E-state index in [1.165, 1.54) is 0 Å². The summed E-state index contributed by atoms with van der Waals surface area (Å²) >= 11 is 0.225. The molecule has 0 aliphatic rings. The zero-order chi connectivity index (χ0) is 13.0. The van der Waals surface area contributed by atoms with Gasteiger partial charge in [-0.05, 0) is 7.05 Å². The second-order valence-corrected chi connectivity index (χ2v) is 3.82. The minimum absolute atomic E-state index is 0.119. The van der Waals surface area contributed by atoms with Crippen LogP contribution in [0.4, 0.5) is 23.2 Å². The highest BCUT2D eigenvalue weighted by atomic mass is 32.2. The first-order valence-electron chi connectivity index (χ1n) is 4.56. The maximum atomic E-state index is 13.2. The van der Waals surface area contributed by atoms with Crippen molar-refractivity contribution in [3.05, 3.63) is 23.3 Å². The van der Waals surface area contributed by atoms with Gasteiger partial charge in [0, 0.05) is 18.6 Å². The van der Waals surface area contributed by atoms with Crippen LogP contribution >= 0.6 is 12.0 Å². The van der Waals surface area contributed by atoms with Crippen molar-refractivity contribution in [1.29, 1.82) is 0 Å². The van der Waals surface area contributed by atoms with Gasteiger partial charge in [-0.3, -0.25) is 0 Å². The second kappa shape index (κ2) is 6.08. The first-order valence-corrected chi connectivity index (χ1v) is 5.30. The standard InChI is InChI=1S/C9H10F4N2OS/c1-15-2-3-16-17-9-6(12)4(10)8(14)5(11)7(9)13/h15H,2-3,14H2,1H3. The predicted octanol–water partition coefficient (Wildman–Crippen LogP) is 2.07. The Labute approximate surface area is 99.5 Å². The number of hydrogen-bond acceptors (Lipinski definition) is 4. The molecule has 0 atom stereocenters. The van der Waals surface area contributed by atoms with Gasteiger partial charge in [-0.2, -0.15) is 0 Å². The number of nitrogen functional groups attached to an aromatic ring is 1. The molecular weight excluding hydrogens is 260 g/mol. The van der Waals surface area contributed by atoms with Crippen molar-refractivity contribution in [3.63, 3.8) is 0 Å². The van der Waals surface area contributed by atoms with Crippen LogP contribution in [0, 0.1) is 23.3 Å². The zero-order valence-corrected chi connectivity index (χ0v) is 9.64. The van der Waals surface area contributed by atoms with E-state index in [1.54, 1.807) is 7.05 Å². The van der Waals surface area contributed by atoms with Crippen molar-refractivity contribution in [2.24, 2.45) is 0 Å².